The fourth-order valence-corrected chi connectivity index (χ4v) is 1.91. The van der Waals surface area contributed by atoms with E-state index in [1.54, 1.807) is 0 Å². The lowest BCUT2D eigenvalue weighted by Gasteiger charge is -2.42. The predicted molar refractivity (Wildman–Crippen MR) is 65.2 cm³/mol. The number of carbonyl (C=O) groups is 1. The molecule has 0 aliphatic carbocycles. The van der Waals surface area contributed by atoms with Crippen molar-refractivity contribution in [1.29, 1.82) is 0 Å². The van der Waals surface area contributed by atoms with Gasteiger partial charge in [0.05, 0.1) is 0 Å². The molecule has 31 heavy (non-hydrogen) atoms. The van der Waals surface area contributed by atoms with Crippen molar-refractivity contribution >= 4 is 5.78 Å². The zero-order valence-electron chi connectivity index (χ0n) is 14.5. The largest absolute Gasteiger partial charge is 0.460 e. The molecule has 0 N–H and O–H groups in total. The molecule has 0 bridgehead atoms. The minimum atomic E-state index is -8.62. The van der Waals surface area contributed by atoms with Crippen LogP contribution in [-0.2, 0) is 4.79 Å². The first-order chi connectivity index (χ1) is 13.2. The van der Waals surface area contributed by atoms with Gasteiger partial charge in [0.15, 0.2) is 0 Å². The van der Waals surface area contributed by atoms with E-state index in [1.165, 1.54) is 0 Å². The fourth-order valence-electron chi connectivity index (χ4n) is 1.91. The monoisotopic (exact) mass is 504 g/mol. The van der Waals surface area contributed by atoms with Crippen LogP contribution in [0.15, 0.2) is 0 Å². The number of Topliss-reactive ketones (excluding diaryl/α,β-unsaturated/α-hetero) is 1. The second-order valence-corrected chi connectivity index (χ2v) is 6.20. The summed E-state index contributed by atoms with van der Waals surface area (Å²) in [4.78, 5) is 10.5. The molecule has 0 radical (unpaired) electrons. The van der Waals surface area contributed by atoms with Crippen LogP contribution < -0.4 is 0 Å². The quantitative estimate of drug-likeness (QED) is 0.301. The van der Waals surface area contributed by atoms with E-state index in [9.17, 15) is 79.4 Å². The summed E-state index contributed by atoms with van der Waals surface area (Å²) in [5.41, 5.74) is 0. The van der Waals surface area contributed by atoms with Gasteiger partial charge in [0.2, 0.25) is 0 Å². The highest BCUT2D eigenvalue weighted by Gasteiger charge is 2.95. The third kappa shape index (κ3) is 4.26. The summed E-state index contributed by atoms with van der Waals surface area (Å²) in [6, 6.07) is 0. The van der Waals surface area contributed by atoms with E-state index in [-0.39, 0.29) is 0 Å². The SMILES string of the molecule is CC(=O)CCCC(F)(F)C(F)(F)C(F)(F)C(F)(F)C(F)(F)C(F)(F)C(F)(F)C(F)(F)F. The second kappa shape index (κ2) is 7.81. The van der Waals surface area contributed by atoms with Gasteiger partial charge in [-0.1, -0.05) is 0 Å². The summed E-state index contributed by atoms with van der Waals surface area (Å²) in [5.74, 6) is -57.3. The Labute approximate surface area is 160 Å². The van der Waals surface area contributed by atoms with Gasteiger partial charge in [-0.2, -0.15) is 74.6 Å². The number of alkyl halides is 17. The predicted octanol–water partition coefficient (Wildman–Crippen LogP) is 6.76. The maximum absolute atomic E-state index is 13.4. The Morgan fingerprint density at radius 3 is 1.10 bits per heavy atom. The van der Waals surface area contributed by atoms with E-state index in [2.05, 4.69) is 0 Å². The van der Waals surface area contributed by atoms with E-state index in [0.29, 0.717) is 6.92 Å². The summed E-state index contributed by atoms with van der Waals surface area (Å²) < 4.78 is 220. The van der Waals surface area contributed by atoms with Gasteiger partial charge >= 0.3 is 47.6 Å². The maximum Gasteiger partial charge on any atom is 0.460 e. The first-order valence-corrected chi connectivity index (χ1v) is 7.37. The summed E-state index contributed by atoms with van der Waals surface area (Å²) >= 11 is 0. The van der Waals surface area contributed by atoms with Gasteiger partial charge < -0.3 is 4.79 Å². The van der Waals surface area contributed by atoms with Crippen molar-refractivity contribution < 1.29 is 79.4 Å². The zero-order chi connectivity index (χ0) is 25.7. The minimum Gasteiger partial charge on any atom is -0.300 e. The topological polar surface area (TPSA) is 17.1 Å². The van der Waals surface area contributed by atoms with Gasteiger partial charge in [0, 0.05) is 12.8 Å². The summed E-state index contributed by atoms with van der Waals surface area (Å²) in [6.07, 6.45) is -12.8. The Morgan fingerprint density at radius 1 is 0.516 bits per heavy atom. The highest BCUT2D eigenvalue weighted by Crippen LogP contribution is 2.64. The summed E-state index contributed by atoms with van der Waals surface area (Å²) in [6.45, 7) is 0.669. The third-order valence-corrected chi connectivity index (χ3v) is 3.81. The smallest absolute Gasteiger partial charge is 0.300 e. The third-order valence-electron chi connectivity index (χ3n) is 3.81. The molecule has 0 amide bonds. The van der Waals surface area contributed by atoms with Crippen LogP contribution in [0, 0.1) is 0 Å². The molecule has 0 fully saturated rings. The number of carbonyl (C=O) groups excluding carboxylic acids is 1. The highest BCUT2D eigenvalue weighted by atomic mass is 19.4. The molecule has 0 aliphatic rings. The lowest BCUT2D eigenvalue weighted by Crippen LogP contribution is -2.74. The van der Waals surface area contributed by atoms with Crippen molar-refractivity contribution in [3.05, 3.63) is 0 Å². The van der Waals surface area contributed by atoms with Crippen LogP contribution in [-0.4, -0.2) is 53.4 Å². The van der Waals surface area contributed by atoms with E-state index >= 15 is 0 Å². The van der Waals surface area contributed by atoms with Crippen molar-refractivity contribution in [3.8, 4) is 0 Å². The van der Waals surface area contributed by atoms with Crippen molar-refractivity contribution in [3.63, 3.8) is 0 Å². The van der Waals surface area contributed by atoms with Gasteiger partial charge in [0.25, 0.3) is 0 Å². The van der Waals surface area contributed by atoms with Crippen LogP contribution in [0.3, 0.4) is 0 Å². The molecule has 18 heteroatoms. The molecule has 0 spiro atoms. The van der Waals surface area contributed by atoms with Crippen LogP contribution in [0.2, 0.25) is 0 Å². The van der Waals surface area contributed by atoms with E-state index in [0.717, 1.165) is 0 Å². The lowest BCUT2D eigenvalue weighted by atomic mass is 9.88. The van der Waals surface area contributed by atoms with Crippen LogP contribution >= 0.6 is 0 Å². The molecule has 0 saturated heterocycles. The zero-order valence-corrected chi connectivity index (χ0v) is 14.5. The molecule has 0 saturated carbocycles. The number of ketones is 1. The molecular weight excluding hydrogens is 495 g/mol. The molecule has 186 valence electrons. The number of hydrogen-bond acceptors (Lipinski definition) is 1. The highest BCUT2D eigenvalue weighted by molar-refractivity contribution is 5.75. The van der Waals surface area contributed by atoms with Gasteiger partial charge in [-0.15, -0.1) is 0 Å². The Hall–Kier alpha value is -1.52. The molecule has 0 aromatic heterocycles. The van der Waals surface area contributed by atoms with Gasteiger partial charge in [0.1, 0.15) is 5.78 Å². The molecule has 0 heterocycles. The van der Waals surface area contributed by atoms with E-state index in [1.807, 2.05) is 0 Å². The first kappa shape index (κ1) is 29.5. The van der Waals surface area contributed by atoms with Crippen molar-refractivity contribution in [2.24, 2.45) is 0 Å². The lowest BCUT2D eigenvalue weighted by molar-refractivity contribution is -0.461. The van der Waals surface area contributed by atoms with Gasteiger partial charge in [-0.05, 0) is 13.3 Å². The Morgan fingerprint density at radius 2 is 0.806 bits per heavy atom. The molecule has 0 aromatic rings. The Kier molecular flexibility index (Phi) is 7.43. The van der Waals surface area contributed by atoms with Crippen LogP contribution in [0.1, 0.15) is 26.2 Å². The molecule has 0 rings (SSSR count). The van der Waals surface area contributed by atoms with Crippen LogP contribution in [0.4, 0.5) is 74.6 Å². The molecule has 0 aliphatic heterocycles. The summed E-state index contributed by atoms with van der Waals surface area (Å²) in [5, 5.41) is 0. The number of rotatable bonds is 10. The first-order valence-electron chi connectivity index (χ1n) is 7.37. The van der Waals surface area contributed by atoms with Crippen LogP contribution in [0.25, 0.3) is 0 Å². The standard InChI is InChI=1S/C13H9F17O/c1-5(31)3-2-4-6(14,15)7(16,17)8(18,19)9(20,21)10(22,23)11(24,25)12(26,27)13(28,29)30/h2-4H2,1H3. The summed E-state index contributed by atoms with van der Waals surface area (Å²) in [7, 11) is 0. The molecule has 0 aromatic carbocycles. The van der Waals surface area contributed by atoms with E-state index in [4.69, 9.17) is 0 Å². The van der Waals surface area contributed by atoms with Gasteiger partial charge in [-0.3, -0.25) is 0 Å². The average Bonchev–Trinajstić information content (AvgIpc) is 2.51. The molecular formula is C13H9F17O. The number of hydrogen-bond donors (Lipinski definition) is 0. The molecule has 0 unspecified atom stereocenters. The normalized spacial score (nSPS) is 15.9. The minimum absolute atomic E-state index is 0.669. The Balaban J connectivity index is 6.46. The van der Waals surface area contributed by atoms with Crippen molar-refractivity contribution in [1.82, 2.24) is 0 Å². The maximum atomic E-state index is 13.4. The van der Waals surface area contributed by atoms with Crippen molar-refractivity contribution in [2.45, 2.75) is 73.8 Å². The average molecular weight is 504 g/mol. The van der Waals surface area contributed by atoms with Gasteiger partial charge in [-0.25, -0.2) is 0 Å². The molecule has 1 nitrogen and oxygen atoms in total. The second-order valence-electron chi connectivity index (χ2n) is 6.20. The fraction of sp³-hybridized carbons (Fsp3) is 0.923. The van der Waals surface area contributed by atoms with Crippen molar-refractivity contribution in [2.75, 3.05) is 0 Å². The Bertz CT molecular complexity index is 659. The van der Waals surface area contributed by atoms with Crippen LogP contribution in [0.5, 0.6) is 0 Å². The van der Waals surface area contributed by atoms with E-state index < -0.39 is 72.7 Å². The number of halogens is 17. The molecule has 0 atom stereocenters.